The van der Waals surface area contributed by atoms with Crippen LogP contribution in [0.5, 0.6) is 0 Å². The molecule has 3 aromatic rings. The van der Waals surface area contributed by atoms with Gasteiger partial charge in [0.2, 0.25) is 5.95 Å². The van der Waals surface area contributed by atoms with Crippen LogP contribution in [0.2, 0.25) is 0 Å². The molecule has 0 amide bonds. The van der Waals surface area contributed by atoms with E-state index in [0.29, 0.717) is 17.0 Å². The minimum Gasteiger partial charge on any atom is -0.353 e. The minimum atomic E-state index is -0.0599. The summed E-state index contributed by atoms with van der Waals surface area (Å²) in [6.45, 7) is 5.16. The monoisotopic (exact) mass is 339 g/mol. The number of aryl methyl sites for hydroxylation is 2. The number of anilines is 2. The second kappa shape index (κ2) is 5.87. The van der Waals surface area contributed by atoms with Crippen molar-refractivity contribution in [1.29, 1.82) is 0 Å². The van der Waals surface area contributed by atoms with Crippen molar-refractivity contribution in [2.45, 2.75) is 6.92 Å². The van der Waals surface area contributed by atoms with Gasteiger partial charge in [-0.1, -0.05) is 6.07 Å². The first-order valence-electron chi connectivity index (χ1n) is 8.37. The molecule has 1 fully saturated rings. The van der Waals surface area contributed by atoms with E-state index in [-0.39, 0.29) is 5.56 Å². The van der Waals surface area contributed by atoms with E-state index < -0.39 is 0 Å². The Hall–Kier alpha value is -2.90. The Kier molecular flexibility index (Phi) is 3.67. The lowest BCUT2D eigenvalue weighted by molar-refractivity contribution is 0.618. The van der Waals surface area contributed by atoms with Gasteiger partial charge >= 0.3 is 0 Å². The third kappa shape index (κ3) is 2.54. The lowest BCUT2D eigenvalue weighted by Crippen LogP contribution is -2.48. The van der Waals surface area contributed by atoms with Gasteiger partial charge in [-0.2, -0.15) is 5.10 Å². The van der Waals surface area contributed by atoms with Gasteiger partial charge in [-0.05, 0) is 19.1 Å². The molecule has 0 aliphatic carbocycles. The first-order chi connectivity index (χ1) is 12.1. The van der Waals surface area contributed by atoms with Crippen LogP contribution in [-0.2, 0) is 14.1 Å². The highest BCUT2D eigenvalue weighted by Crippen LogP contribution is 2.19. The summed E-state index contributed by atoms with van der Waals surface area (Å²) in [5.74, 6) is 1.69. The van der Waals surface area contributed by atoms with Crippen LogP contribution in [0.25, 0.3) is 11.0 Å². The maximum absolute atomic E-state index is 12.7. The van der Waals surface area contributed by atoms with Gasteiger partial charge in [-0.25, -0.2) is 9.97 Å². The van der Waals surface area contributed by atoms with Crippen LogP contribution >= 0.6 is 0 Å². The van der Waals surface area contributed by atoms with Gasteiger partial charge in [-0.15, -0.1) is 0 Å². The number of piperazine rings is 1. The van der Waals surface area contributed by atoms with Crippen LogP contribution in [-0.4, -0.2) is 50.5 Å². The molecule has 0 unspecified atom stereocenters. The van der Waals surface area contributed by atoms with Crippen LogP contribution in [0, 0.1) is 6.92 Å². The number of rotatable bonds is 2. The van der Waals surface area contributed by atoms with Crippen molar-refractivity contribution in [2.24, 2.45) is 14.1 Å². The van der Waals surface area contributed by atoms with Crippen molar-refractivity contribution < 1.29 is 0 Å². The molecule has 4 rings (SSSR count). The fourth-order valence-corrected chi connectivity index (χ4v) is 3.40. The minimum absolute atomic E-state index is 0.0599. The largest absolute Gasteiger partial charge is 0.353 e. The lowest BCUT2D eigenvalue weighted by atomic mass is 10.3. The SMILES string of the molecule is Cc1nn(C)c2c(=O)n(C)c(N3CCN(c4ccccn4)CC3)nc12. The summed E-state index contributed by atoms with van der Waals surface area (Å²) in [6.07, 6.45) is 1.81. The van der Waals surface area contributed by atoms with Gasteiger partial charge < -0.3 is 9.80 Å². The maximum atomic E-state index is 12.7. The molecule has 25 heavy (non-hydrogen) atoms. The van der Waals surface area contributed by atoms with Gasteiger partial charge in [0.25, 0.3) is 5.56 Å². The van der Waals surface area contributed by atoms with E-state index in [1.54, 1.807) is 23.3 Å². The van der Waals surface area contributed by atoms with Crippen molar-refractivity contribution in [2.75, 3.05) is 36.0 Å². The molecule has 1 aliphatic rings. The molecule has 4 heterocycles. The van der Waals surface area contributed by atoms with E-state index in [0.717, 1.165) is 37.7 Å². The summed E-state index contributed by atoms with van der Waals surface area (Å²) >= 11 is 0. The highest BCUT2D eigenvalue weighted by molar-refractivity contribution is 5.77. The van der Waals surface area contributed by atoms with Crippen LogP contribution < -0.4 is 15.4 Å². The Balaban J connectivity index is 1.64. The number of nitrogens with zero attached hydrogens (tertiary/aromatic N) is 7. The van der Waals surface area contributed by atoms with E-state index >= 15 is 0 Å². The second-order valence-corrected chi connectivity index (χ2v) is 6.34. The molecule has 8 nitrogen and oxygen atoms in total. The predicted octanol–water partition coefficient (Wildman–Crippen LogP) is 0.697. The first kappa shape index (κ1) is 15.6. The average molecular weight is 339 g/mol. The lowest BCUT2D eigenvalue weighted by Gasteiger charge is -2.36. The van der Waals surface area contributed by atoms with Crippen LogP contribution in [0.4, 0.5) is 11.8 Å². The summed E-state index contributed by atoms with van der Waals surface area (Å²) in [5, 5.41) is 4.34. The molecule has 0 bridgehead atoms. The van der Waals surface area contributed by atoms with Crippen LogP contribution in [0.1, 0.15) is 5.69 Å². The van der Waals surface area contributed by atoms with E-state index in [4.69, 9.17) is 4.98 Å². The van der Waals surface area contributed by atoms with Gasteiger partial charge in [0, 0.05) is 46.5 Å². The van der Waals surface area contributed by atoms with Crippen molar-refractivity contribution in [3.05, 3.63) is 40.4 Å². The molecule has 1 saturated heterocycles. The van der Waals surface area contributed by atoms with Gasteiger partial charge in [-0.3, -0.25) is 14.0 Å². The molecule has 0 radical (unpaired) electrons. The number of hydrogen-bond donors (Lipinski definition) is 0. The van der Waals surface area contributed by atoms with E-state index in [1.165, 1.54) is 0 Å². The van der Waals surface area contributed by atoms with Gasteiger partial charge in [0.05, 0.1) is 5.69 Å². The third-order valence-electron chi connectivity index (χ3n) is 4.75. The molecule has 0 atom stereocenters. The zero-order valence-corrected chi connectivity index (χ0v) is 14.7. The Bertz CT molecular complexity index is 968. The molecule has 0 aromatic carbocycles. The number of fused-ring (bicyclic) bond motifs is 1. The van der Waals surface area contributed by atoms with Crippen molar-refractivity contribution in [3.8, 4) is 0 Å². The topological polar surface area (TPSA) is 72.1 Å². The third-order valence-corrected chi connectivity index (χ3v) is 4.75. The Morgan fingerprint density at radius 1 is 1.04 bits per heavy atom. The zero-order chi connectivity index (χ0) is 17.6. The summed E-state index contributed by atoms with van der Waals surface area (Å²) in [7, 11) is 3.56. The zero-order valence-electron chi connectivity index (χ0n) is 14.7. The Morgan fingerprint density at radius 2 is 1.76 bits per heavy atom. The molecule has 130 valence electrons. The smallest absolute Gasteiger partial charge is 0.280 e. The van der Waals surface area contributed by atoms with E-state index in [2.05, 4.69) is 19.9 Å². The van der Waals surface area contributed by atoms with Crippen molar-refractivity contribution in [3.63, 3.8) is 0 Å². The normalized spacial score (nSPS) is 15.2. The highest BCUT2D eigenvalue weighted by atomic mass is 16.1. The van der Waals surface area contributed by atoms with Gasteiger partial charge in [0.1, 0.15) is 11.3 Å². The number of aromatic nitrogens is 5. The second-order valence-electron chi connectivity index (χ2n) is 6.34. The molecule has 3 aromatic heterocycles. The molecule has 8 heteroatoms. The molecular formula is C17H21N7O. The summed E-state index contributed by atoms with van der Waals surface area (Å²) in [4.78, 5) is 26.3. The summed E-state index contributed by atoms with van der Waals surface area (Å²) in [5.41, 5.74) is 1.96. The van der Waals surface area contributed by atoms with E-state index in [9.17, 15) is 4.79 Å². The predicted molar refractivity (Wildman–Crippen MR) is 97.2 cm³/mol. The number of hydrogen-bond acceptors (Lipinski definition) is 6. The Morgan fingerprint density at radius 3 is 2.44 bits per heavy atom. The Labute approximate surface area is 145 Å². The first-order valence-corrected chi connectivity index (χ1v) is 8.37. The fraction of sp³-hybridized carbons (Fsp3) is 0.412. The van der Waals surface area contributed by atoms with Gasteiger partial charge in [0.15, 0.2) is 5.52 Å². The van der Waals surface area contributed by atoms with Crippen LogP contribution in [0.3, 0.4) is 0 Å². The highest BCUT2D eigenvalue weighted by Gasteiger charge is 2.23. The molecule has 1 aliphatic heterocycles. The standard InChI is InChI=1S/C17H21N7O/c1-12-14-15(22(3)20-12)16(25)21(2)17(19-14)24-10-8-23(9-11-24)13-6-4-5-7-18-13/h4-7H,8-11H2,1-3H3. The van der Waals surface area contributed by atoms with E-state index in [1.807, 2.05) is 31.3 Å². The molecule has 0 spiro atoms. The quantitative estimate of drug-likeness (QED) is 0.684. The molecule has 0 saturated carbocycles. The molecular weight excluding hydrogens is 318 g/mol. The van der Waals surface area contributed by atoms with Crippen LogP contribution in [0.15, 0.2) is 29.2 Å². The summed E-state index contributed by atoms with van der Waals surface area (Å²) < 4.78 is 3.24. The molecule has 0 N–H and O–H groups in total. The number of pyridine rings is 1. The fourth-order valence-electron chi connectivity index (χ4n) is 3.40. The summed E-state index contributed by atoms with van der Waals surface area (Å²) in [6, 6.07) is 5.94. The van der Waals surface area contributed by atoms with Crippen molar-refractivity contribution in [1.82, 2.24) is 24.3 Å². The maximum Gasteiger partial charge on any atom is 0.280 e. The average Bonchev–Trinajstić information content (AvgIpc) is 2.93. The van der Waals surface area contributed by atoms with Crippen molar-refractivity contribution >= 4 is 22.8 Å².